The van der Waals surface area contributed by atoms with Crippen LogP contribution in [0.1, 0.15) is 31.7 Å². The van der Waals surface area contributed by atoms with Crippen LogP contribution in [0.15, 0.2) is 29.1 Å². The van der Waals surface area contributed by atoms with Crippen molar-refractivity contribution in [2.45, 2.75) is 37.4 Å². The molecule has 0 bridgehead atoms. The van der Waals surface area contributed by atoms with Gasteiger partial charge in [0, 0.05) is 19.7 Å². The van der Waals surface area contributed by atoms with Crippen molar-refractivity contribution in [3.05, 3.63) is 51.8 Å². The first-order valence-corrected chi connectivity index (χ1v) is 10.7. The number of anilines is 3. The van der Waals surface area contributed by atoms with Crippen LogP contribution in [-0.2, 0) is 23.5 Å². The SMILES string of the molecule is CCc1ccc(Nc2c(NS(=O)(=O)C3(CCO)CC3)cc(F)c(=O)n2C)c(F)c1. The molecule has 1 heterocycles. The van der Waals surface area contributed by atoms with Gasteiger partial charge in [0.05, 0.1) is 16.1 Å². The number of aliphatic hydroxyl groups is 1. The lowest BCUT2D eigenvalue weighted by atomic mass is 10.1. The van der Waals surface area contributed by atoms with Crippen LogP contribution in [0.4, 0.5) is 26.0 Å². The highest BCUT2D eigenvalue weighted by Crippen LogP contribution is 2.47. The topological polar surface area (TPSA) is 100 Å². The van der Waals surface area contributed by atoms with Crippen molar-refractivity contribution in [1.29, 1.82) is 0 Å². The van der Waals surface area contributed by atoms with E-state index in [1.807, 2.05) is 6.92 Å². The molecule has 3 N–H and O–H groups in total. The number of benzene rings is 1. The van der Waals surface area contributed by atoms with E-state index >= 15 is 0 Å². The van der Waals surface area contributed by atoms with Crippen LogP contribution in [0, 0.1) is 11.6 Å². The standard InChI is InChI=1S/C19H23F2N3O4S/c1-3-12-4-5-15(13(20)10-12)22-17-16(11-14(21)18(26)24(17)2)23-29(27,28)19(6-7-19)8-9-25/h4-5,10-11,22-23,25H,3,6-9H2,1-2H3. The zero-order valence-corrected chi connectivity index (χ0v) is 16.9. The molecule has 1 aliphatic carbocycles. The van der Waals surface area contributed by atoms with Gasteiger partial charge in [-0.25, -0.2) is 17.2 Å². The number of nitrogens with zero attached hydrogens (tertiary/aromatic N) is 1. The van der Waals surface area contributed by atoms with Crippen molar-refractivity contribution in [2.75, 3.05) is 16.6 Å². The Morgan fingerprint density at radius 3 is 2.41 bits per heavy atom. The van der Waals surface area contributed by atoms with Crippen molar-refractivity contribution in [3.8, 4) is 0 Å². The summed E-state index contributed by atoms with van der Waals surface area (Å²) in [6.45, 7) is 1.57. The summed E-state index contributed by atoms with van der Waals surface area (Å²) in [5, 5.41) is 11.9. The van der Waals surface area contributed by atoms with Crippen molar-refractivity contribution >= 4 is 27.2 Å². The maximum atomic E-state index is 14.4. The monoisotopic (exact) mass is 427 g/mol. The van der Waals surface area contributed by atoms with Crippen LogP contribution in [-0.4, -0.2) is 29.4 Å². The molecule has 158 valence electrons. The predicted molar refractivity (Wildman–Crippen MR) is 107 cm³/mol. The van der Waals surface area contributed by atoms with E-state index in [0.29, 0.717) is 19.3 Å². The molecular weight excluding hydrogens is 404 g/mol. The molecule has 0 spiro atoms. The molecule has 29 heavy (non-hydrogen) atoms. The second kappa shape index (κ2) is 7.75. The first kappa shape index (κ1) is 21.3. The first-order chi connectivity index (χ1) is 13.6. The maximum absolute atomic E-state index is 14.4. The highest BCUT2D eigenvalue weighted by atomic mass is 32.2. The molecule has 1 saturated carbocycles. The van der Waals surface area contributed by atoms with Gasteiger partial charge >= 0.3 is 0 Å². The maximum Gasteiger partial charge on any atom is 0.287 e. The van der Waals surface area contributed by atoms with Crippen LogP contribution in [0.25, 0.3) is 0 Å². The van der Waals surface area contributed by atoms with Gasteiger partial charge in [0.15, 0.2) is 5.82 Å². The summed E-state index contributed by atoms with van der Waals surface area (Å²) in [5.41, 5.74) is -0.423. The summed E-state index contributed by atoms with van der Waals surface area (Å²) in [6, 6.07) is 5.26. The van der Waals surface area contributed by atoms with Crippen molar-refractivity contribution < 1.29 is 22.3 Å². The lowest BCUT2D eigenvalue weighted by Gasteiger charge is -2.21. The molecule has 1 fully saturated rings. The number of sulfonamides is 1. The quantitative estimate of drug-likeness (QED) is 0.601. The minimum Gasteiger partial charge on any atom is -0.396 e. The van der Waals surface area contributed by atoms with E-state index in [4.69, 9.17) is 5.11 Å². The lowest BCUT2D eigenvalue weighted by Crippen LogP contribution is -2.32. The fourth-order valence-electron chi connectivity index (χ4n) is 3.18. The van der Waals surface area contributed by atoms with E-state index in [1.165, 1.54) is 19.2 Å². The number of aliphatic hydroxyl groups excluding tert-OH is 1. The van der Waals surface area contributed by atoms with E-state index in [9.17, 15) is 22.0 Å². The fourth-order valence-corrected chi connectivity index (χ4v) is 4.85. The number of pyridine rings is 1. The van der Waals surface area contributed by atoms with Crippen LogP contribution < -0.4 is 15.6 Å². The first-order valence-electron chi connectivity index (χ1n) is 9.22. The number of rotatable bonds is 8. The second-order valence-corrected chi connectivity index (χ2v) is 9.25. The van der Waals surface area contributed by atoms with E-state index < -0.39 is 32.0 Å². The number of hydrogen-bond acceptors (Lipinski definition) is 5. The number of nitrogens with one attached hydrogen (secondary N) is 2. The van der Waals surface area contributed by atoms with Gasteiger partial charge in [0.2, 0.25) is 10.0 Å². The summed E-state index contributed by atoms with van der Waals surface area (Å²) in [6.07, 6.45) is 1.41. The predicted octanol–water partition coefficient (Wildman–Crippen LogP) is 2.63. The molecule has 10 heteroatoms. The van der Waals surface area contributed by atoms with Crippen LogP contribution in [0.3, 0.4) is 0 Å². The van der Waals surface area contributed by atoms with Crippen molar-refractivity contribution in [1.82, 2.24) is 4.57 Å². The highest BCUT2D eigenvalue weighted by Gasteiger charge is 2.54. The smallest absolute Gasteiger partial charge is 0.287 e. The van der Waals surface area contributed by atoms with Gasteiger partial charge in [-0.05, 0) is 43.4 Å². The average molecular weight is 427 g/mol. The largest absolute Gasteiger partial charge is 0.396 e. The Morgan fingerprint density at radius 1 is 1.17 bits per heavy atom. The van der Waals surface area contributed by atoms with E-state index in [-0.39, 0.29) is 30.2 Å². The molecule has 0 aliphatic heterocycles. The second-order valence-electron chi connectivity index (χ2n) is 7.17. The van der Waals surface area contributed by atoms with E-state index in [2.05, 4.69) is 10.0 Å². The Labute approximate surface area is 167 Å². The molecule has 3 rings (SSSR count). The molecular formula is C19H23F2N3O4S. The van der Waals surface area contributed by atoms with Gasteiger partial charge in [-0.2, -0.15) is 0 Å². The summed E-state index contributed by atoms with van der Waals surface area (Å²) < 4.78 is 56.2. The summed E-state index contributed by atoms with van der Waals surface area (Å²) in [5.74, 6) is -1.83. The van der Waals surface area contributed by atoms with Gasteiger partial charge in [-0.3, -0.25) is 14.1 Å². The Morgan fingerprint density at radius 2 is 1.86 bits per heavy atom. The molecule has 0 unspecified atom stereocenters. The molecule has 0 amide bonds. The summed E-state index contributed by atoms with van der Waals surface area (Å²) in [4.78, 5) is 12.0. The third-order valence-electron chi connectivity index (χ3n) is 5.25. The Kier molecular flexibility index (Phi) is 5.68. The molecule has 0 radical (unpaired) electrons. The van der Waals surface area contributed by atoms with Gasteiger partial charge in [-0.15, -0.1) is 0 Å². The van der Waals surface area contributed by atoms with E-state index in [0.717, 1.165) is 16.2 Å². The van der Waals surface area contributed by atoms with Gasteiger partial charge in [0.1, 0.15) is 11.6 Å². The zero-order valence-electron chi connectivity index (χ0n) is 16.1. The summed E-state index contributed by atoms with van der Waals surface area (Å²) in [7, 11) is -2.72. The Bertz CT molecular complexity index is 1100. The number of aryl methyl sites for hydroxylation is 1. The summed E-state index contributed by atoms with van der Waals surface area (Å²) >= 11 is 0. The fraction of sp³-hybridized carbons (Fsp3) is 0.421. The zero-order chi connectivity index (χ0) is 21.4. The average Bonchev–Trinajstić information content (AvgIpc) is 3.46. The number of aromatic nitrogens is 1. The molecule has 0 atom stereocenters. The normalized spacial score (nSPS) is 15.2. The van der Waals surface area contributed by atoms with E-state index in [1.54, 1.807) is 6.07 Å². The van der Waals surface area contributed by atoms with Crippen LogP contribution in [0.2, 0.25) is 0 Å². The third-order valence-corrected chi connectivity index (χ3v) is 7.50. The minimum atomic E-state index is -3.97. The van der Waals surface area contributed by atoms with Crippen LogP contribution >= 0.6 is 0 Å². The molecule has 1 aromatic carbocycles. The molecule has 7 nitrogen and oxygen atoms in total. The highest BCUT2D eigenvalue weighted by molar-refractivity contribution is 7.94. The molecule has 2 aromatic rings. The Hall–Kier alpha value is -2.46. The van der Waals surface area contributed by atoms with Gasteiger partial charge in [-0.1, -0.05) is 13.0 Å². The Balaban J connectivity index is 2.03. The van der Waals surface area contributed by atoms with Crippen molar-refractivity contribution in [3.63, 3.8) is 0 Å². The molecule has 1 aromatic heterocycles. The van der Waals surface area contributed by atoms with Gasteiger partial charge in [0.25, 0.3) is 5.56 Å². The number of halogens is 2. The van der Waals surface area contributed by atoms with Gasteiger partial charge < -0.3 is 10.4 Å². The third kappa shape index (κ3) is 3.99. The minimum absolute atomic E-state index is 0.0146. The molecule has 0 saturated heterocycles. The van der Waals surface area contributed by atoms with Crippen LogP contribution in [0.5, 0.6) is 0 Å². The van der Waals surface area contributed by atoms with Crippen molar-refractivity contribution in [2.24, 2.45) is 7.05 Å². The lowest BCUT2D eigenvalue weighted by molar-refractivity contribution is 0.283. The number of hydrogen-bond donors (Lipinski definition) is 3. The molecule has 1 aliphatic rings.